The van der Waals surface area contributed by atoms with Gasteiger partial charge in [-0.3, -0.25) is 4.79 Å². The summed E-state index contributed by atoms with van der Waals surface area (Å²) in [6.45, 7) is 7.69. The molecule has 0 aliphatic carbocycles. The van der Waals surface area contributed by atoms with Crippen LogP contribution in [0.4, 0.5) is 0 Å². The molecule has 0 saturated carbocycles. The van der Waals surface area contributed by atoms with Gasteiger partial charge in [0, 0.05) is 19.8 Å². The number of hydrogen-bond acceptors (Lipinski definition) is 4. The third kappa shape index (κ3) is 5.47. The Morgan fingerprint density at radius 2 is 2.00 bits per heavy atom. The topological polar surface area (TPSA) is 61.5 Å². The molecule has 0 fully saturated rings. The Bertz CT molecular complexity index is 206. The fraction of sp³-hybridized carbons (Fsp3) is 0.917. The van der Waals surface area contributed by atoms with E-state index in [2.05, 4.69) is 13.8 Å². The summed E-state index contributed by atoms with van der Waals surface area (Å²) in [5.41, 5.74) is 4.97. The Hall–Kier alpha value is -0.610. The summed E-state index contributed by atoms with van der Waals surface area (Å²) in [4.78, 5) is 11.5. The minimum absolute atomic E-state index is 0.262. The minimum atomic E-state index is -0.618. The van der Waals surface area contributed by atoms with Crippen molar-refractivity contribution in [3.63, 3.8) is 0 Å². The first-order valence-electron chi connectivity index (χ1n) is 5.82. The smallest absolute Gasteiger partial charge is 0.312 e. The van der Waals surface area contributed by atoms with Crippen LogP contribution in [0.1, 0.15) is 33.6 Å². The van der Waals surface area contributed by atoms with Gasteiger partial charge in [-0.15, -0.1) is 0 Å². The second kappa shape index (κ2) is 7.63. The van der Waals surface area contributed by atoms with E-state index in [0.29, 0.717) is 18.9 Å². The molecule has 0 aromatic carbocycles. The van der Waals surface area contributed by atoms with E-state index in [0.717, 1.165) is 13.0 Å². The summed E-state index contributed by atoms with van der Waals surface area (Å²) in [5, 5.41) is 0. The molecule has 1 atom stereocenters. The Morgan fingerprint density at radius 1 is 1.38 bits per heavy atom. The summed E-state index contributed by atoms with van der Waals surface area (Å²) in [6, 6.07) is 0. The van der Waals surface area contributed by atoms with Gasteiger partial charge in [-0.2, -0.15) is 0 Å². The minimum Gasteiger partial charge on any atom is -0.469 e. The standard InChI is InChI=1S/C12H25NO3/c1-10(2)5-7-16-8-6-12(3,9-13)11(14)15-4/h10H,5-9,13H2,1-4H3. The lowest BCUT2D eigenvalue weighted by Crippen LogP contribution is -2.37. The largest absolute Gasteiger partial charge is 0.469 e. The molecule has 4 nitrogen and oxygen atoms in total. The monoisotopic (exact) mass is 231 g/mol. The third-order valence-corrected chi connectivity index (χ3v) is 2.77. The molecule has 0 aliphatic rings. The van der Waals surface area contributed by atoms with Crippen molar-refractivity contribution in [1.82, 2.24) is 0 Å². The number of methoxy groups -OCH3 is 1. The third-order valence-electron chi connectivity index (χ3n) is 2.77. The van der Waals surface area contributed by atoms with Gasteiger partial charge in [-0.1, -0.05) is 13.8 Å². The molecule has 0 aromatic heterocycles. The summed E-state index contributed by atoms with van der Waals surface area (Å²) < 4.78 is 10.2. The van der Waals surface area contributed by atoms with Crippen molar-refractivity contribution < 1.29 is 14.3 Å². The van der Waals surface area contributed by atoms with Crippen LogP contribution in [0.15, 0.2) is 0 Å². The number of carbonyl (C=O) groups is 1. The van der Waals surface area contributed by atoms with E-state index in [4.69, 9.17) is 15.2 Å². The van der Waals surface area contributed by atoms with Crippen molar-refractivity contribution in [2.24, 2.45) is 17.1 Å². The highest BCUT2D eigenvalue weighted by Gasteiger charge is 2.32. The molecule has 0 amide bonds. The summed E-state index contributed by atoms with van der Waals surface area (Å²) in [5.74, 6) is 0.379. The summed E-state index contributed by atoms with van der Waals surface area (Å²) in [6.07, 6.45) is 1.64. The van der Waals surface area contributed by atoms with Crippen LogP contribution in [0.3, 0.4) is 0 Å². The first kappa shape index (κ1) is 15.4. The number of ether oxygens (including phenoxy) is 2. The second-order valence-corrected chi connectivity index (χ2v) is 4.80. The van der Waals surface area contributed by atoms with Crippen molar-refractivity contribution >= 4 is 5.97 Å². The molecule has 0 rings (SSSR count). The molecule has 0 aliphatic heterocycles. The Kier molecular flexibility index (Phi) is 7.34. The zero-order valence-corrected chi connectivity index (χ0v) is 10.9. The van der Waals surface area contributed by atoms with Gasteiger partial charge in [-0.25, -0.2) is 0 Å². The van der Waals surface area contributed by atoms with E-state index in [1.54, 1.807) is 0 Å². The molecular weight excluding hydrogens is 206 g/mol. The summed E-state index contributed by atoms with van der Waals surface area (Å²) in [7, 11) is 1.38. The zero-order valence-electron chi connectivity index (χ0n) is 10.9. The molecule has 0 saturated heterocycles. The van der Waals surface area contributed by atoms with E-state index >= 15 is 0 Å². The van der Waals surface area contributed by atoms with Gasteiger partial charge >= 0.3 is 5.97 Å². The van der Waals surface area contributed by atoms with Gasteiger partial charge in [-0.05, 0) is 25.7 Å². The van der Waals surface area contributed by atoms with Crippen molar-refractivity contribution in [2.75, 3.05) is 26.9 Å². The van der Waals surface area contributed by atoms with Crippen LogP contribution in [0.2, 0.25) is 0 Å². The van der Waals surface area contributed by atoms with Crippen molar-refractivity contribution in [3.05, 3.63) is 0 Å². The molecule has 4 heteroatoms. The van der Waals surface area contributed by atoms with Crippen molar-refractivity contribution in [2.45, 2.75) is 33.6 Å². The van der Waals surface area contributed by atoms with Gasteiger partial charge in [0.15, 0.2) is 0 Å². The zero-order chi connectivity index (χ0) is 12.6. The average molecular weight is 231 g/mol. The van der Waals surface area contributed by atoms with Crippen LogP contribution in [-0.4, -0.2) is 32.8 Å². The van der Waals surface area contributed by atoms with Crippen LogP contribution in [-0.2, 0) is 14.3 Å². The molecule has 0 heterocycles. The molecule has 0 spiro atoms. The van der Waals surface area contributed by atoms with E-state index in [-0.39, 0.29) is 12.5 Å². The quantitative estimate of drug-likeness (QED) is 0.509. The first-order valence-corrected chi connectivity index (χ1v) is 5.82. The van der Waals surface area contributed by atoms with Crippen LogP contribution >= 0.6 is 0 Å². The molecule has 0 radical (unpaired) electrons. The molecule has 1 unspecified atom stereocenters. The highest BCUT2D eigenvalue weighted by molar-refractivity contribution is 5.76. The Balaban J connectivity index is 3.83. The molecule has 0 aromatic rings. The molecule has 96 valence electrons. The number of esters is 1. The fourth-order valence-electron chi connectivity index (χ4n) is 1.25. The first-order chi connectivity index (χ1) is 7.46. The lowest BCUT2D eigenvalue weighted by molar-refractivity contribution is -0.152. The van der Waals surface area contributed by atoms with E-state index in [1.807, 2.05) is 6.92 Å². The highest BCUT2D eigenvalue weighted by atomic mass is 16.5. The van der Waals surface area contributed by atoms with E-state index < -0.39 is 5.41 Å². The van der Waals surface area contributed by atoms with Crippen molar-refractivity contribution in [3.8, 4) is 0 Å². The van der Waals surface area contributed by atoms with Gasteiger partial charge in [0.1, 0.15) is 0 Å². The van der Waals surface area contributed by atoms with Crippen molar-refractivity contribution in [1.29, 1.82) is 0 Å². The van der Waals surface area contributed by atoms with Crippen LogP contribution < -0.4 is 5.73 Å². The second-order valence-electron chi connectivity index (χ2n) is 4.80. The Morgan fingerprint density at radius 3 is 2.44 bits per heavy atom. The number of hydrogen-bond donors (Lipinski definition) is 1. The van der Waals surface area contributed by atoms with Gasteiger partial charge in [0.25, 0.3) is 0 Å². The van der Waals surface area contributed by atoms with Gasteiger partial charge < -0.3 is 15.2 Å². The van der Waals surface area contributed by atoms with Gasteiger partial charge in [0.05, 0.1) is 12.5 Å². The predicted octanol–water partition coefficient (Wildman–Crippen LogP) is 1.58. The van der Waals surface area contributed by atoms with Crippen LogP contribution in [0.25, 0.3) is 0 Å². The summed E-state index contributed by atoms with van der Waals surface area (Å²) >= 11 is 0. The maximum Gasteiger partial charge on any atom is 0.312 e. The highest BCUT2D eigenvalue weighted by Crippen LogP contribution is 2.21. The van der Waals surface area contributed by atoms with Crippen LogP contribution in [0, 0.1) is 11.3 Å². The number of rotatable bonds is 8. The predicted molar refractivity (Wildman–Crippen MR) is 64.1 cm³/mol. The Labute approximate surface area is 98.5 Å². The van der Waals surface area contributed by atoms with E-state index in [1.165, 1.54) is 7.11 Å². The van der Waals surface area contributed by atoms with Crippen LogP contribution in [0.5, 0.6) is 0 Å². The molecule has 0 bridgehead atoms. The van der Waals surface area contributed by atoms with Gasteiger partial charge in [0.2, 0.25) is 0 Å². The number of carbonyl (C=O) groups excluding carboxylic acids is 1. The van der Waals surface area contributed by atoms with E-state index in [9.17, 15) is 4.79 Å². The SMILES string of the molecule is COC(=O)C(C)(CN)CCOCCC(C)C. The maximum atomic E-state index is 11.5. The number of nitrogens with two attached hydrogens (primary N) is 1. The molecule has 2 N–H and O–H groups in total. The lowest BCUT2D eigenvalue weighted by atomic mass is 9.87. The lowest BCUT2D eigenvalue weighted by Gasteiger charge is -2.24. The fourth-order valence-corrected chi connectivity index (χ4v) is 1.25. The maximum absolute atomic E-state index is 11.5. The molecular formula is C12H25NO3. The average Bonchev–Trinajstić information content (AvgIpc) is 2.26. The normalized spacial score (nSPS) is 14.9. The molecule has 16 heavy (non-hydrogen) atoms.